The van der Waals surface area contributed by atoms with Crippen molar-refractivity contribution in [1.82, 2.24) is 4.90 Å². The first-order chi connectivity index (χ1) is 12.3. The highest BCUT2D eigenvalue weighted by atomic mass is 32.1. The Bertz CT molecular complexity index is 922. The van der Waals surface area contributed by atoms with E-state index in [1.165, 1.54) is 0 Å². The standard InChI is InChI=1S/C22H17NOS/c24-21-22(19-10-5-2-6-11-19,14-13-20-12-7-15-25-20)17-23(21)16-18-8-3-1-4-9-18/h1-12,15H,16-17H2/t22-/m0/s1. The Labute approximate surface area is 151 Å². The number of likely N-dealkylation sites (tertiary alicyclic amines) is 1. The van der Waals surface area contributed by atoms with E-state index in [0.29, 0.717) is 13.1 Å². The fourth-order valence-corrected chi connectivity index (χ4v) is 3.73. The van der Waals surface area contributed by atoms with Crippen LogP contribution < -0.4 is 0 Å². The second kappa shape index (κ2) is 6.58. The van der Waals surface area contributed by atoms with Gasteiger partial charge in [-0.2, -0.15) is 0 Å². The monoisotopic (exact) mass is 343 g/mol. The molecule has 1 atom stereocenters. The zero-order chi connectivity index (χ0) is 17.1. The average molecular weight is 343 g/mol. The third kappa shape index (κ3) is 2.97. The highest BCUT2D eigenvalue weighted by molar-refractivity contribution is 7.10. The van der Waals surface area contributed by atoms with Crippen molar-refractivity contribution in [1.29, 1.82) is 0 Å². The van der Waals surface area contributed by atoms with E-state index < -0.39 is 5.41 Å². The molecule has 0 unspecified atom stereocenters. The molecule has 3 heteroatoms. The summed E-state index contributed by atoms with van der Waals surface area (Å²) in [6.07, 6.45) is 0. The van der Waals surface area contributed by atoms with E-state index in [1.807, 2.05) is 83.1 Å². The van der Waals surface area contributed by atoms with Gasteiger partial charge in [-0.25, -0.2) is 0 Å². The highest BCUT2D eigenvalue weighted by Gasteiger charge is 2.52. The predicted molar refractivity (Wildman–Crippen MR) is 101 cm³/mol. The summed E-state index contributed by atoms with van der Waals surface area (Å²) in [5.41, 5.74) is 1.40. The molecule has 25 heavy (non-hydrogen) atoms. The van der Waals surface area contributed by atoms with Crippen LogP contribution in [0.1, 0.15) is 16.0 Å². The molecule has 1 fully saturated rings. The fourth-order valence-electron chi connectivity index (χ4n) is 3.16. The first-order valence-corrected chi connectivity index (χ1v) is 9.11. The van der Waals surface area contributed by atoms with Gasteiger partial charge in [0, 0.05) is 6.54 Å². The lowest BCUT2D eigenvalue weighted by Crippen LogP contribution is -2.63. The third-order valence-corrected chi connectivity index (χ3v) is 5.27. The molecule has 1 saturated heterocycles. The van der Waals surface area contributed by atoms with E-state index in [4.69, 9.17) is 0 Å². The molecule has 0 aliphatic carbocycles. The molecule has 2 heterocycles. The lowest BCUT2D eigenvalue weighted by atomic mass is 9.73. The molecule has 0 radical (unpaired) electrons. The summed E-state index contributed by atoms with van der Waals surface area (Å²) in [5, 5.41) is 2.00. The zero-order valence-electron chi connectivity index (χ0n) is 13.7. The number of nitrogens with zero attached hydrogens (tertiary/aromatic N) is 1. The first-order valence-electron chi connectivity index (χ1n) is 8.23. The average Bonchev–Trinajstić information content (AvgIpc) is 3.19. The van der Waals surface area contributed by atoms with Crippen molar-refractivity contribution in [3.05, 3.63) is 94.2 Å². The van der Waals surface area contributed by atoms with Crippen LogP contribution in [-0.2, 0) is 16.8 Å². The van der Waals surface area contributed by atoms with Crippen LogP contribution in [0.2, 0.25) is 0 Å². The number of amides is 1. The molecule has 0 saturated carbocycles. The van der Waals surface area contributed by atoms with Crippen LogP contribution >= 0.6 is 11.3 Å². The maximum Gasteiger partial charge on any atom is 0.247 e. The largest absolute Gasteiger partial charge is 0.334 e. The molecule has 4 rings (SSSR count). The van der Waals surface area contributed by atoms with E-state index in [0.717, 1.165) is 16.0 Å². The summed E-state index contributed by atoms with van der Waals surface area (Å²) in [6, 6.07) is 24.0. The van der Waals surface area contributed by atoms with Crippen molar-refractivity contribution in [2.75, 3.05) is 6.54 Å². The fraction of sp³-hybridized carbons (Fsp3) is 0.136. The van der Waals surface area contributed by atoms with Gasteiger partial charge in [-0.15, -0.1) is 11.3 Å². The Balaban J connectivity index is 1.63. The van der Waals surface area contributed by atoms with Gasteiger partial charge in [0.1, 0.15) is 0 Å². The smallest absolute Gasteiger partial charge is 0.247 e. The summed E-state index contributed by atoms with van der Waals surface area (Å²) in [7, 11) is 0. The Morgan fingerprint density at radius 3 is 2.32 bits per heavy atom. The SMILES string of the molecule is O=C1N(Cc2ccccc2)C[C@@]1(C#Cc1cccs1)c1ccccc1. The summed E-state index contributed by atoms with van der Waals surface area (Å²) in [6.45, 7) is 1.26. The number of thiophene rings is 1. The summed E-state index contributed by atoms with van der Waals surface area (Å²) < 4.78 is 0. The van der Waals surface area contributed by atoms with Crippen molar-refractivity contribution in [2.24, 2.45) is 0 Å². The van der Waals surface area contributed by atoms with Crippen LogP contribution in [0.4, 0.5) is 0 Å². The molecule has 1 aliphatic heterocycles. The van der Waals surface area contributed by atoms with E-state index in [2.05, 4.69) is 11.8 Å². The lowest BCUT2D eigenvalue weighted by molar-refractivity contribution is -0.148. The highest BCUT2D eigenvalue weighted by Crippen LogP contribution is 2.36. The van der Waals surface area contributed by atoms with E-state index >= 15 is 0 Å². The summed E-state index contributed by atoms with van der Waals surface area (Å²) >= 11 is 1.60. The maximum atomic E-state index is 13.1. The van der Waals surface area contributed by atoms with Gasteiger partial charge >= 0.3 is 0 Å². The van der Waals surface area contributed by atoms with Gasteiger partial charge in [-0.3, -0.25) is 4.79 Å². The molecule has 0 spiro atoms. The molecule has 0 N–H and O–H groups in total. The van der Waals surface area contributed by atoms with Crippen LogP contribution in [0.5, 0.6) is 0 Å². The Kier molecular flexibility index (Phi) is 4.13. The minimum Gasteiger partial charge on any atom is -0.334 e. The molecule has 3 aromatic rings. The van der Waals surface area contributed by atoms with E-state index in [9.17, 15) is 4.79 Å². The third-order valence-electron chi connectivity index (χ3n) is 4.48. The number of β-lactam (4-membered cyclic amide) rings is 1. The van der Waals surface area contributed by atoms with E-state index in [1.54, 1.807) is 11.3 Å². The van der Waals surface area contributed by atoms with Gasteiger partial charge in [-0.1, -0.05) is 78.6 Å². The number of carbonyl (C=O) groups excluding carboxylic acids is 1. The van der Waals surface area contributed by atoms with Crippen LogP contribution in [-0.4, -0.2) is 17.4 Å². The van der Waals surface area contributed by atoms with Crippen LogP contribution in [0.25, 0.3) is 0 Å². The maximum absolute atomic E-state index is 13.1. The molecule has 1 aromatic heterocycles. The van der Waals surface area contributed by atoms with Crippen LogP contribution in [0.15, 0.2) is 78.2 Å². The van der Waals surface area contributed by atoms with Crippen molar-refractivity contribution in [2.45, 2.75) is 12.0 Å². The van der Waals surface area contributed by atoms with Gasteiger partial charge in [0.2, 0.25) is 5.91 Å². The quantitative estimate of drug-likeness (QED) is 0.518. The molecule has 2 nitrogen and oxygen atoms in total. The normalized spacial score (nSPS) is 19.0. The first kappa shape index (κ1) is 15.7. The van der Waals surface area contributed by atoms with E-state index in [-0.39, 0.29) is 5.91 Å². The Morgan fingerprint density at radius 1 is 0.960 bits per heavy atom. The number of hydrogen-bond donors (Lipinski definition) is 0. The molecule has 1 amide bonds. The van der Waals surface area contributed by atoms with Crippen LogP contribution in [0, 0.1) is 11.8 Å². The second-order valence-corrected chi connectivity index (χ2v) is 7.09. The van der Waals surface area contributed by atoms with Crippen LogP contribution in [0.3, 0.4) is 0 Å². The zero-order valence-corrected chi connectivity index (χ0v) is 14.5. The molecular weight excluding hydrogens is 326 g/mol. The molecule has 1 aliphatic rings. The number of rotatable bonds is 3. The number of benzene rings is 2. The van der Waals surface area contributed by atoms with Crippen molar-refractivity contribution >= 4 is 17.2 Å². The topological polar surface area (TPSA) is 20.3 Å². The Morgan fingerprint density at radius 2 is 1.68 bits per heavy atom. The molecule has 122 valence electrons. The summed E-state index contributed by atoms with van der Waals surface area (Å²) in [4.78, 5) is 15.9. The van der Waals surface area contributed by atoms with Gasteiger partial charge in [-0.05, 0) is 22.6 Å². The Hall–Kier alpha value is -2.83. The number of hydrogen-bond acceptors (Lipinski definition) is 2. The minimum absolute atomic E-state index is 0.0895. The molecule has 2 aromatic carbocycles. The predicted octanol–water partition coefficient (Wildman–Crippen LogP) is 4.08. The number of carbonyl (C=O) groups is 1. The molecule has 0 bridgehead atoms. The summed E-state index contributed by atoms with van der Waals surface area (Å²) in [5.74, 6) is 6.58. The van der Waals surface area contributed by atoms with Gasteiger partial charge in [0.15, 0.2) is 5.41 Å². The second-order valence-electron chi connectivity index (χ2n) is 6.15. The van der Waals surface area contributed by atoms with Gasteiger partial charge in [0.05, 0.1) is 11.4 Å². The van der Waals surface area contributed by atoms with Gasteiger partial charge < -0.3 is 4.90 Å². The molecular formula is C22H17NOS. The van der Waals surface area contributed by atoms with Crippen molar-refractivity contribution in [3.63, 3.8) is 0 Å². The van der Waals surface area contributed by atoms with Crippen molar-refractivity contribution < 1.29 is 4.79 Å². The van der Waals surface area contributed by atoms with Crippen molar-refractivity contribution in [3.8, 4) is 11.8 Å². The van der Waals surface area contributed by atoms with Gasteiger partial charge in [0.25, 0.3) is 0 Å². The lowest BCUT2D eigenvalue weighted by Gasteiger charge is -2.46. The minimum atomic E-state index is -0.722.